The molecule has 1 nitrogen and oxygen atoms in total. The second kappa shape index (κ2) is 2.66. The summed E-state index contributed by atoms with van der Waals surface area (Å²) in [6.07, 6.45) is 3.27. The fourth-order valence-corrected chi connectivity index (χ4v) is 1.04. The molecule has 3 heteroatoms. The first-order chi connectivity index (χ1) is 4.60. The third kappa shape index (κ3) is 2.06. The Hall–Kier alpha value is -0.440. The van der Waals surface area contributed by atoms with Crippen LogP contribution in [0.15, 0.2) is 12.2 Å². The minimum Gasteiger partial charge on any atom is -0.300 e. The summed E-state index contributed by atoms with van der Waals surface area (Å²) in [5.41, 5.74) is 0. The van der Waals surface area contributed by atoms with Gasteiger partial charge < -0.3 is 0 Å². The zero-order valence-corrected chi connectivity index (χ0v) is 5.98. The highest BCUT2D eigenvalue weighted by atomic mass is 19.3. The largest absolute Gasteiger partial charge is 0.300 e. The normalized spacial score (nSPS) is 26.3. The predicted molar refractivity (Wildman–Crippen MR) is 36.2 cm³/mol. The molecular formula is C7H11F2N. The van der Waals surface area contributed by atoms with E-state index in [9.17, 15) is 8.78 Å². The van der Waals surface area contributed by atoms with Crippen LogP contribution in [-0.4, -0.2) is 31.0 Å². The predicted octanol–water partition coefficient (Wildman–Crippen LogP) is 1.51. The molecule has 0 saturated heterocycles. The molecule has 0 aromatic heterocycles. The van der Waals surface area contributed by atoms with Crippen LogP contribution < -0.4 is 0 Å². The van der Waals surface area contributed by atoms with E-state index in [1.165, 1.54) is 0 Å². The fraction of sp³-hybridized carbons (Fsp3) is 0.714. The Bertz CT molecular complexity index is 143. The lowest BCUT2D eigenvalue weighted by Gasteiger charge is -2.17. The molecule has 0 unspecified atom stereocenters. The second-order valence-corrected chi connectivity index (χ2v) is 2.69. The summed E-state index contributed by atoms with van der Waals surface area (Å²) in [5.74, 6) is -2.62. The molecule has 0 fully saturated rings. The van der Waals surface area contributed by atoms with E-state index in [2.05, 4.69) is 0 Å². The van der Waals surface area contributed by atoms with Gasteiger partial charge in [0.15, 0.2) is 0 Å². The molecule has 0 bridgehead atoms. The van der Waals surface area contributed by atoms with Crippen LogP contribution in [0.25, 0.3) is 0 Å². The molecule has 0 aromatic rings. The van der Waals surface area contributed by atoms with E-state index in [1.54, 1.807) is 18.0 Å². The van der Waals surface area contributed by atoms with Crippen LogP contribution in [-0.2, 0) is 0 Å². The monoisotopic (exact) mass is 147 g/mol. The molecule has 10 heavy (non-hydrogen) atoms. The van der Waals surface area contributed by atoms with Gasteiger partial charge in [0, 0.05) is 6.54 Å². The van der Waals surface area contributed by atoms with Gasteiger partial charge in [-0.2, -0.15) is 0 Å². The summed E-state index contributed by atoms with van der Waals surface area (Å²) in [7, 11) is 1.71. The first-order valence-corrected chi connectivity index (χ1v) is 3.34. The van der Waals surface area contributed by atoms with Crippen molar-refractivity contribution in [2.75, 3.05) is 20.1 Å². The summed E-state index contributed by atoms with van der Waals surface area (Å²) in [4.78, 5) is 1.64. The van der Waals surface area contributed by atoms with Gasteiger partial charge in [0.1, 0.15) is 0 Å². The van der Waals surface area contributed by atoms with Crippen molar-refractivity contribution in [3.05, 3.63) is 12.2 Å². The summed E-state index contributed by atoms with van der Waals surface area (Å²) in [6.45, 7) is 0.579. The molecular weight excluding hydrogens is 136 g/mol. The summed E-state index contributed by atoms with van der Waals surface area (Å²) >= 11 is 0. The average molecular weight is 147 g/mol. The van der Waals surface area contributed by atoms with Crippen LogP contribution in [0.3, 0.4) is 0 Å². The summed E-state index contributed by atoms with van der Waals surface area (Å²) in [6, 6.07) is 0. The molecule has 0 atom stereocenters. The smallest absolute Gasteiger partial charge is 0.278 e. The van der Waals surface area contributed by atoms with Gasteiger partial charge in [0.05, 0.1) is 6.54 Å². The molecule has 0 saturated carbocycles. The highest BCUT2D eigenvalue weighted by Crippen LogP contribution is 2.19. The molecule has 58 valence electrons. The zero-order chi connectivity index (χ0) is 7.61. The van der Waals surface area contributed by atoms with E-state index >= 15 is 0 Å². The summed E-state index contributed by atoms with van der Waals surface area (Å²) < 4.78 is 25.2. The molecule has 0 spiro atoms. The maximum absolute atomic E-state index is 12.6. The summed E-state index contributed by atoms with van der Waals surface area (Å²) in [5, 5.41) is 0. The lowest BCUT2D eigenvalue weighted by atomic mass is 10.3. The fourth-order valence-electron chi connectivity index (χ4n) is 1.04. The molecule has 0 N–H and O–H groups in total. The Labute approximate surface area is 59.3 Å². The minimum absolute atomic E-state index is 0.149. The molecule has 1 aliphatic heterocycles. The maximum Gasteiger partial charge on any atom is 0.278 e. The van der Waals surface area contributed by atoms with E-state index < -0.39 is 5.92 Å². The van der Waals surface area contributed by atoms with Crippen molar-refractivity contribution >= 4 is 0 Å². The van der Waals surface area contributed by atoms with E-state index in [0.29, 0.717) is 0 Å². The molecule has 0 aliphatic carbocycles. The van der Waals surface area contributed by atoms with Crippen molar-refractivity contribution in [2.45, 2.75) is 12.3 Å². The van der Waals surface area contributed by atoms with Crippen molar-refractivity contribution in [3.8, 4) is 0 Å². The zero-order valence-electron chi connectivity index (χ0n) is 5.98. The Morgan fingerprint density at radius 1 is 1.50 bits per heavy atom. The van der Waals surface area contributed by atoms with Crippen molar-refractivity contribution < 1.29 is 8.78 Å². The van der Waals surface area contributed by atoms with Gasteiger partial charge in [0.2, 0.25) is 0 Å². The van der Waals surface area contributed by atoms with E-state index in [4.69, 9.17) is 0 Å². The lowest BCUT2D eigenvalue weighted by Crippen LogP contribution is -2.31. The van der Waals surface area contributed by atoms with Crippen LogP contribution in [0.1, 0.15) is 6.42 Å². The van der Waals surface area contributed by atoms with Crippen LogP contribution in [0.4, 0.5) is 8.78 Å². The third-order valence-corrected chi connectivity index (χ3v) is 1.52. The van der Waals surface area contributed by atoms with Crippen molar-refractivity contribution in [1.29, 1.82) is 0 Å². The lowest BCUT2D eigenvalue weighted by molar-refractivity contribution is 0.0252. The first-order valence-electron chi connectivity index (χ1n) is 3.34. The number of nitrogens with zero attached hydrogens (tertiary/aromatic N) is 1. The quantitative estimate of drug-likeness (QED) is 0.469. The Balaban J connectivity index is 2.59. The molecule has 0 radical (unpaired) electrons. The van der Waals surface area contributed by atoms with Gasteiger partial charge in [-0.05, 0) is 19.5 Å². The van der Waals surface area contributed by atoms with Gasteiger partial charge in [-0.15, -0.1) is 0 Å². The third-order valence-electron chi connectivity index (χ3n) is 1.52. The molecule has 1 aliphatic rings. The Morgan fingerprint density at radius 2 is 2.20 bits per heavy atom. The van der Waals surface area contributed by atoms with Gasteiger partial charge in [0.25, 0.3) is 5.92 Å². The first kappa shape index (κ1) is 7.66. The van der Waals surface area contributed by atoms with Gasteiger partial charge in [-0.3, -0.25) is 4.90 Å². The standard InChI is InChI=1S/C7H11F2N/c1-10-5-3-2-4-7(8,9)6-10/h2,4H,3,5-6H2,1H3. The van der Waals surface area contributed by atoms with Crippen molar-refractivity contribution in [3.63, 3.8) is 0 Å². The van der Waals surface area contributed by atoms with Gasteiger partial charge in [-0.1, -0.05) is 6.08 Å². The molecule has 0 aromatic carbocycles. The highest BCUT2D eigenvalue weighted by Gasteiger charge is 2.27. The molecule has 0 amide bonds. The minimum atomic E-state index is -2.62. The molecule has 1 heterocycles. The highest BCUT2D eigenvalue weighted by molar-refractivity contribution is 4.98. The number of hydrogen-bond donors (Lipinski definition) is 0. The maximum atomic E-state index is 12.6. The van der Waals surface area contributed by atoms with E-state index in [-0.39, 0.29) is 6.54 Å². The van der Waals surface area contributed by atoms with E-state index in [0.717, 1.165) is 19.0 Å². The number of halogens is 2. The number of rotatable bonds is 0. The van der Waals surface area contributed by atoms with Crippen molar-refractivity contribution in [1.82, 2.24) is 4.90 Å². The second-order valence-electron chi connectivity index (χ2n) is 2.69. The van der Waals surface area contributed by atoms with Crippen LogP contribution in [0.5, 0.6) is 0 Å². The van der Waals surface area contributed by atoms with Gasteiger partial charge in [-0.25, -0.2) is 8.78 Å². The Kier molecular flexibility index (Phi) is 2.04. The number of alkyl halides is 2. The topological polar surface area (TPSA) is 3.24 Å². The number of hydrogen-bond acceptors (Lipinski definition) is 1. The SMILES string of the molecule is CN1CCC=CC(F)(F)C1. The van der Waals surface area contributed by atoms with Crippen LogP contribution in [0.2, 0.25) is 0 Å². The Morgan fingerprint density at radius 3 is 2.90 bits per heavy atom. The van der Waals surface area contributed by atoms with Gasteiger partial charge >= 0.3 is 0 Å². The van der Waals surface area contributed by atoms with E-state index in [1.807, 2.05) is 0 Å². The van der Waals surface area contributed by atoms with Crippen molar-refractivity contribution in [2.24, 2.45) is 0 Å². The average Bonchev–Trinajstić information content (AvgIpc) is 1.90. The molecule has 1 rings (SSSR count). The van der Waals surface area contributed by atoms with Crippen LogP contribution in [0, 0.1) is 0 Å². The van der Waals surface area contributed by atoms with Crippen LogP contribution >= 0.6 is 0 Å².